The van der Waals surface area contributed by atoms with E-state index in [1.807, 2.05) is 48.7 Å². The molecule has 0 fully saturated rings. The molecule has 1 aromatic heterocycles. The molecule has 134 valence electrons. The molecule has 26 heavy (non-hydrogen) atoms. The van der Waals surface area contributed by atoms with Gasteiger partial charge >= 0.3 is 5.97 Å². The summed E-state index contributed by atoms with van der Waals surface area (Å²) in [6.07, 6.45) is 0.269. The van der Waals surface area contributed by atoms with Crippen LogP contribution in [0.1, 0.15) is 28.4 Å². The molecule has 0 radical (unpaired) electrons. The van der Waals surface area contributed by atoms with Crippen LogP contribution < -0.4 is 4.80 Å². The quantitative estimate of drug-likeness (QED) is 0.662. The molecule has 0 aliphatic rings. The second-order valence-electron chi connectivity index (χ2n) is 5.97. The first-order valence-electron chi connectivity index (χ1n) is 8.36. The number of hydrogen-bond acceptors (Lipinski definition) is 4. The van der Waals surface area contributed by atoms with E-state index in [4.69, 9.17) is 4.74 Å². The van der Waals surface area contributed by atoms with E-state index in [1.54, 1.807) is 12.1 Å². The highest BCUT2D eigenvalue weighted by Crippen LogP contribution is 2.20. The fraction of sp³-hybridized carbons (Fsp3) is 0.250. The standard InChI is InChI=1S/C20H20N2O3S/c1-4-22-16-10-9-15(19(24)25-3)12-17(16)26-20(22)21-18(23)11-14-7-5-13(2)6-8-14/h5-10,12H,4,11H2,1-3H3. The lowest BCUT2D eigenvalue weighted by Gasteiger charge is -2.02. The maximum absolute atomic E-state index is 12.4. The molecule has 0 bridgehead atoms. The molecule has 1 heterocycles. The predicted molar refractivity (Wildman–Crippen MR) is 102 cm³/mol. The third kappa shape index (κ3) is 3.75. The van der Waals surface area contributed by atoms with Gasteiger partial charge in [0.1, 0.15) is 0 Å². The summed E-state index contributed by atoms with van der Waals surface area (Å²) < 4.78 is 7.65. The number of nitrogens with zero attached hydrogens (tertiary/aromatic N) is 2. The number of benzene rings is 2. The molecule has 0 N–H and O–H groups in total. The lowest BCUT2D eigenvalue weighted by Crippen LogP contribution is -2.16. The number of ether oxygens (including phenoxy) is 1. The number of carbonyl (C=O) groups excluding carboxylic acids is 2. The number of thiazole rings is 1. The Bertz CT molecular complexity index is 1030. The Morgan fingerprint density at radius 3 is 2.54 bits per heavy atom. The van der Waals surface area contributed by atoms with Crippen molar-refractivity contribution in [1.29, 1.82) is 0 Å². The number of methoxy groups -OCH3 is 1. The minimum Gasteiger partial charge on any atom is -0.465 e. The van der Waals surface area contributed by atoms with Crippen molar-refractivity contribution >= 4 is 33.4 Å². The third-order valence-corrected chi connectivity index (χ3v) is 5.16. The summed E-state index contributed by atoms with van der Waals surface area (Å²) in [5.41, 5.74) is 3.54. The van der Waals surface area contributed by atoms with Crippen LogP contribution in [0.5, 0.6) is 0 Å². The molecular formula is C20H20N2O3S. The van der Waals surface area contributed by atoms with Crippen LogP contribution in [0, 0.1) is 6.92 Å². The first-order valence-corrected chi connectivity index (χ1v) is 9.18. The molecule has 3 rings (SSSR count). The topological polar surface area (TPSA) is 60.7 Å². The number of rotatable bonds is 4. The van der Waals surface area contributed by atoms with E-state index in [2.05, 4.69) is 4.99 Å². The molecule has 0 atom stereocenters. The van der Waals surface area contributed by atoms with Crippen LogP contribution >= 0.6 is 11.3 Å². The Balaban J connectivity index is 1.97. The van der Waals surface area contributed by atoms with Crippen LogP contribution in [0.25, 0.3) is 10.2 Å². The Labute approximate surface area is 155 Å². The first kappa shape index (κ1) is 18.1. The molecule has 0 saturated carbocycles. The van der Waals surface area contributed by atoms with Crippen molar-refractivity contribution in [3.8, 4) is 0 Å². The van der Waals surface area contributed by atoms with E-state index >= 15 is 0 Å². The Morgan fingerprint density at radius 2 is 1.88 bits per heavy atom. The summed E-state index contributed by atoms with van der Waals surface area (Å²) in [5, 5.41) is 0. The van der Waals surface area contributed by atoms with Crippen molar-refractivity contribution in [2.45, 2.75) is 26.8 Å². The zero-order valence-electron chi connectivity index (χ0n) is 15.0. The summed E-state index contributed by atoms with van der Waals surface area (Å²) in [4.78, 5) is 29.1. The molecule has 1 amide bonds. The number of hydrogen-bond donors (Lipinski definition) is 0. The maximum Gasteiger partial charge on any atom is 0.337 e. The highest BCUT2D eigenvalue weighted by atomic mass is 32.1. The lowest BCUT2D eigenvalue weighted by molar-refractivity contribution is -0.117. The maximum atomic E-state index is 12.4. The normalized spacial score (nSPS) is 11.7. The van der Waals surface area contributed by atoms with Crippen molar-refractivity contribution in [3.05, 3.63) is 64.0 Å². The van der Waals surface area contributed by atoms with Gasteiger partial charge in [0.05, 0.1) is 29.3 Å². The Morgan fingerprint density at radius 1 is 1.15 bits per heavy atom. The van der Waals surface area contributed by atoms with Gasteiger partial charge in [0.2, 0.25) is 0 Å². The molecule has 0 saturated heterocycles. The van der Waals surface area contributed by atoms with Crippen LogP contribution in [0.4, 0.5) is 0 Å². The minimum absolute atomic E-state index is 0.184. The largest absolute Gasteiger partial charge is 0.465 e. The van der Waals surface area contributed by atoms with E-state index in [1.165, 1.54) is 18.4 Å². The van der Waals surface area contributed by atoms with E-state index < -0.39 is 0 Å². The fourth-order valence-electron chi connectivity index (χ4n) is 2.74. The summed E-state index contributed by atoms with van der Waals surface area (Å²) in [7, 11) is 1.36. The van der Waals surface area contributed by atoms with Gasteiger partial charge in [0.15, 0.2) is 4.80 Å². The smallest absolute Gasteiger partial charge is 0.337 e. The average molecular weight is 368 g/mol. The van der Waals surface area contributed by atoms with Gasteiger partial charge in [-0.25, -0.2) is 4.79 Å². The molecule has 5 nitrogen and oxygen atoms in total. The second-order valence-corrected chi connectivity index (χ2v) is 6.98. The van der Waals surface area contributed by atoms with E-state index in [0.29, 0.717) is 16.9 Å². The molecule has 0 aliphatic carbocycles. The van der Waals surface area contributed by atoms with Crippen molar-refractivity contribution in [3.63, 3.8) is 0 Å². The highest BCUT2D eigenvalue weighted by molar-refractivity contribution is 7.16. The highest BCUT2D eigenvalue weighted by Gasteiger charge is 2.11. The number of aryl methyl sites for hydroxylation is 2. The number of aromatic nitrogens is 1. The summed E-state index contributed by atoms with van der Waals surface area (Å²) >= 11 is 1.40. The van der Waals surface area contributed by atoms with Crippen molar-refractivity contribution in [2.24, 2.45) is 4.99 Å². The van der Waals surface area contributed by atoms with Gasteiger partial charge in [-0.3, -0.25) is 4.79 Å². The first-order chi connectivity index (χ1) is 12.5. The number of amides is 1. The number of fused-ring (bicyclic) bond motifs is 1. The number of carbonyl (C=O) groups is 2. The Kier molecular flexibility index (Phi) is 5.32. The summed E-state index contributed by atoms with van der Waals surface area (Å²) in [6.45, 7) is 4.71. The van der Waals surface area contributed by atoms with Crippen LogP contribution in [0.2, 0.25) is 0 Å². The lowest BCUT2D eigenvalue weighted by atomic mass is 10.1. The van der Waals surface area contributed by atoms with Crippen molar-refractivity contribution in [1.82, 2.24) is 4.57 Å². The van der Waals surface area contributed by atoms with Gasteiger partial charge in [-0.05, 0) is 37.6 Å². The second kappa shape index (κ2) is 7.66. The van der Waals surface area contributed by atoms with E-state index in [0.717, 1.165) is 21.3 Å². The van der Waals surface area contributed by atoms with Crippen molar-refractivity contribution < 1.29 is 14.3 Å². The predicted octanol–water partition coefficient (Wildman–Crippen LogP) is 3.49. The monoisotopic (exact) mass is 368 g/mol. The van der Waals surface area contributed by atoms with Crippen LogP contribution in [-0.4, -0.2) is 23.6 Å². The number of esters is 1. The summed E-state index contributed by atoms with van der Waals surface area (Å²) in [5.74, 6) is -0.562. The van der Waals surface area contributed by atoms with Gasteiger partial charge in [0.25, 0.3) is 5.91 Å². The zero-order valence-corrected chi connectivity index (χ0v) is 15.8. The molecule has 6 heteroatoms. The molecular weight excluding hydrogens is 348 g/mol. The van der Waals surface area contributed by atoms with E-state index in [9.17, 15) is 9.59 Å². The van der Waals surface area contributed by atoms with Crippen molar-refractivity contribution in [2.75, 3.05) is 7.11 Å². The van der Waals surface area contributed by atoms with Crippen LogP contribution in [0.15, 0.2) is 47.5 Å². The average Bonchev–Trinajstić information content (AvgIpc) is 2.98. The molecule has 0 aliphatic heterocycles. The fourth-order valence-corrected chi connectivity index (χ4v) is 3.89. The third-order valence-electron chi connectivity index (χ3n) is 4.12. The van der Waals surface area contributed by atoms with Gasteiger partial charge in [-0.2, -0.15) is 4.99 Å². The van der Waals surface area contributed by atoms with Crippen LogP contribution in [0.3, 0.4) is 0 Å². The van der Waals surface area contributed by atoms with E-state index in [-0.39, 0.29) is 18.3 Å². The van der Waals surface area contributed by atoms with Gasteiger partial charge in [-0.15, -0.1) is 0 Å². The SMILES string of the molecule is CCn1c(=NC(=O)Cc2ccc(C)cc2)sc2cc(C(=O)OC)ccc21. The Hall–Kier alpha value is -2.73. The molecule has 3 aromatic rings. The zero-order chi connectivity index (χ0) is 18.7. The molecule has 0 unspecified atom stereocenters. The van der Waals surface area contributed by atoms with Crippen LogP contribution in [-0.2, 0) is 22.5 Å². The molecule has 0 spiro atoms. The van der Waals surface area contributed by atoms with Gasteiger partial charge < -0.3 is 9.30 Å². The minimum atomic E-state index is -0.378. The van der Waals surface area contributed by atoms with Gasteiger partial charge in [-0.1, -0.05) is 41.2 Å². The molecule has 2 aromatic carbocycles. The van der Waals surface area contributed by atoms with Gasteiger partial charge in [0, 0.05) is 6.54 Å². The summed E-state index contributed by atoms with van der Waals surface area (Å²) in [6, 6.07) is 13.2.